The Balaban J connectivity index is 1.18. The van der Waals surface area contributed by atoms with E-state index in [2.05, 4.69) is 31.5 Å². The fourth-order valence-electron chi connectivity index (χ4n) is 6.77. The van der Waals surface area contributed by atoms with Gasteiger partial charge in [0.15, 0.2) is 5.78 Å². The number of carbonyl (C=O) groups excluding carboxylic acids is 1. The van der Waals surface area contributed by atoms with Gasteiger partial charge in [0.1, 0.15) is 18.0 Å². The monoisotopic (exact) mass is 529 g/mol. The zero-order chi connectivity index (χ0) is 26.7. The minimum Gasteiger partial charge on any atom is -0.489 e. The van der Waals surface area contributed by atoms with Gasteiger partial charge in [-0.2, -0.15) is 4.98 Å². The summed E-state index contributed by atoms with van der Waals surface area (Å²) in [6.45, 7) is 9.22. The number of piperazine rings is 1. The van der Waals surface area contributed by atoms with E-state index in [4.69, 9.17) is 9.72 Å². The number of carbonyl (C=O) groups is 1. The predicted octanol–water partition coefficient (Wildman–Crippen LogP) is 3.02. The topological polar surface area (TPSA) is 105 Å². The van der Waals surface area contributed by atoms with E-state index in [0.717, 1.165) is 80.9 Å². The van der Waals surface area contributed by atoms with Crippen LogP contribution in [0.4, 0.5) is 17.3 Å². The second-order valence-corrected chi connectivity index (χ2v) is 11.4. The van der Waals surface area contributed by atoms with E-state index in [9.17, 15) is 9.59 Å². The molecule has 2 N–H and O–H groups in total. The van der Waals surface area contributed by atoms with Crippen molar-refractivity contribution in [2.45, 2.75) is 57.7 Å². The summed E-state index contributed by atoms with van der Waals surface area (Å²) < 4.78 is 7.98. The number of anilines is 3. The largest absolute Gasteiger partial charge is 0.489 e. The molecule has 4 aliphatic rings. The van der Waals surface area contributed by atoms with Crippen molar-refractivity contribution in [1.82, 2.24) is 24.8 Å². The van der Waals surface area contributed by atoms with Crippen molar-refractivity contribution >= 4 is 34.1 Å². The molecule has 1 aliphatic carbocycles. The number of hydrogen-bond donors (Lipinski definition) is 2. The summed E-state index contributed by atoms with van der Waals surface area (Å²) in [6, 6.07) is 7.23. The lowest BCUT2D eigenvalue weighted by Gasteiger charge is -2.49. The van der Waals surface area contributed by atoms with Crippen molar-refractivity contribution in [3.05, 3.63) is 45.9 Å². The third-order valence-electron chi connectivity index (χ3n) is 9.00. The van der Waals surface area contributed by atoms with Crippen LogP contribution in [0.1, 0.15) is 54.6 Å². The molecule has 1 saturated carbocycles. The summed E-state index contributed by atoms with van der Waals surface area (Å²) in [4.78, 5) is 40.3. The van der Waals surface area contributed by atoms with Crippen molar-refractivity contribution < 1.29 is 9.53 Å². The zero-order valence-corrected chi connectivity index (χ0v) is 22.6. The van der Waals surface area contributed by atoms with E-state index in [1.54, 1.807) is 10.8 Å². The molecule has 39 heavy (non-hydrogen) atoms. The first-order valence-corrected chi connectivity index (χ1v) is 14.2. The van der Waals surface area contributed by atoms with Gasteiger partial charge in [-0.3, -0.25) is 19.1 Å². The smallest absolute Gasteiger partial charge is 0.263 e. The van der Waals surface area contributed by atoms with Crippen LogP contribution < -0.4 is 25.8 Å². The Labute approximate surface area is 227 Å². The predicted molar refractivity (Wildman–Crippen MR) is 151 cm³/mol. The number of aromatic nitrogens is 3. The number of Topliss-reactive ketones (excluding diaryl/α,β-unsaturated/α-hetero) is 1. The van der Waals surface area contributed by atoms with Gasteiger partial charge >= 0.3 is 0 Å². The fraction of sp³-hybridized carbons (Fsp3) is 0.517. The maximum atomic E-state index is 13.5. The second kappa shape index (κ2) is 9.60. The molecular weight excluding hydrogens is 494 g/mol. The van der Waals surface area contributed by atoms with Crippen LogP contribution in [0, 0.1) is 6.92 Å². The van der Waals surface area contributed by atoms with Gasteiger partial charge < -0.3 is 20.3 Å². The molecule has 10 nitrogen and oxygen atoms in total. The van der Waals surface area contributed by atoms with Crippen LogP contribution in [-0.4, -0.2) is 76.6 Å². The Hall–Kier alpha value is -3.50. The summed E-state index contributed by atoms with van der Waals surface area (Å²) in [6.07, 6.45) is 5.70. The third kappa shape index (κ3) is 4.17. The van der Waals surface area contributed by atoms with Crippen molar-refractivity contribution in [2.24, 2.45) is 0 Å². The fourth-order valence-corrected chi connectivity index (χ4v) is 6.77. The Morgan fingerprint density at radius 1 is 1.13 bits per heavy atom. The standard InChI is InChI=1S/C29H35N7O3/c1-17-23-14-31-29(33-27(23)36(20-5-3-4-6-20)28(38)26(17)18(2)37)32-19-7-8-24-25(11-19)39-16-22-15-34(9-10-35(22)24)21-12-30-13-21/h7-8,11,14,20-22,30H,3-6,9-10,12-13,15-16H2,1-2H3,(H,31,32,33)/t22-/m0/s1. The summed E-state index contributed by atoms with van der Waals surface area (Å²) >= 11 is 0. The van der Waals surface area contributed by atoms with Gasteiger partial charge in [0.05, 0.1) is 17.3 Å². The van der Waals surface area contributed by atoms with Gasteiger partial charge in [0, 0.05) is 68.1 Å². The Bertz CT molecular complexity index is 1510. The highest BCUT2D eigenvalue weighted by Gasteiger charge is 2.36. The number of benzene rings is 1. The van der Waals surface area contributed by atoms with Crippen LogP contribution in [0.3, 0.4) is 0 Å². The maximum absolute atomic E-state index is 13.5. The van der Waals surface area contributed by atoms with Gasteiger partial charge in [-0.1, -0.05) is 12.8 Å². The number of nitrogens with zero attached hydrogens (tertiary/aromatic N) is 5. The molecule has 3 aromatic rings. The molecule has 1 atom stereocenters. The number of aryl methyl sites for hydroxylation is 1. The summed E-state index contributed by atoms with van der Waals surface area (Å²) in [5, 5.41) is 7.45. The van der Waals surface area contributed by atoms with Crippen molar-refractivity contribution in [3.63, 3.8) is 0 Å². The Morgan fingerprint density at radius 2 is 1.95 bits per heavy atom. The number of fused-ring (bicyclic) bond motifs is 4. The average Bonchev–Trinajstić information content (AvgIpc) is 3.41. The van der Waals surface area contributed by atoms with E-state index in [0.29, 0.717) is 35.8 Å². The minimum atomic E-state index is -0.241. The number of ether oxygens (including phenoxy) is 1. The molecular formula is C29H35N7O3. The minimum absolute atomic E-state index is 0.0487. The van der Waals surface area contributed by atoms with Crippen molar-refractivity contribution in [2.75, 3.05) is 49.5 Å². The van der Waals surface area contributed by atoms with Crippen LogP contribution in [0.2, 0.25) is 0 Å². The van der Waals surface area contributed by atoms with Crippen molar-refractivity contribution in [3.8, 4) is 5.75 Å². The van der Waals surface area contributed by atoms with Crippen LogP contribution >= 0.6 is 0 Å². The van der Waals surface area contributed by atoms with E-state index in [1.165, 1.54) is 6.92 Å². The van der Waals surface area contributed by atoms with Gasteiger partial charge in [-0.15, -0.1) is 0 Å². The molecule has 0 unspecified atom stereocenters. The lowest BCUT2D eigenvalue weighted by Crippen LogP contribution is -2.65. The molecule has 0 spiro atoms. The zero-order valence-electron chi connectivity index (χ0n) is 22.6. The molecule has 1 aromatic carbocycles. The first-order valence-electron chi connectivity index (χ1n) is 14.2. The molecule has 204 valence electrons. The lowest BCUT2D eigenvalue weighted by atomic mass is 10.0. The van der Waals surface area contributed by atoms with E-state index >= 15 is 0 Å². The molecule has 0 amide bonds. The average molecular weight is 530 g/mol. The van der Waals surface area contributed by atoms with E-state index in [-0.39, 0.29) is 22.9 Å². The second-order valence-electron chi connectivity index (χ2n) is 11.4. The molecule has 0 radical (unpaired) electrons. The first kappa shape index (κ1) is 24.5. The highest BCUT2D eigenvalue weighted by molar-refractivity contribution is 5.99. The quantitative estimate of drug-likeness (QED) is 0.483. The molecule has 2 aromatic heterocycles. The molecule has 5 heterocycles. The first-order chi connectivity index (χ1) is 19.0. The highest BCUT2D eigenvalue weighted by atomic mass is 16.5. The Morgan fingerprint density at radius 3 is 2.69 bits per heavy atom. The third-order valence-corrected chi connectivity index (χ3v) is 9.00. The number of ketones is 1. The van der Waals surface area contributed by atoms with E-state index in [1.807, 2.05) is 19.1 Å². The molecule has 3 aliphatic heterocycles. The highest BCUT2D eigenvalue weighted by Crippen LogP contribution is 2.38. The number of hydrogen-bond acceptors (Lipinski definition) is 9. The maximum Gasteiger partial charge on any atom is 0.263 e. The molecule has 0 bridgehead atoms. The van der Waals surface area contributed by atoms with Crippen molar-refractivity contribution in [1.29, 1.82) is 0 Å². The van der Waals surface area contributed by atoms with Crippen LogP contribution in [-0.2, 0) is 0 Å². The van der Waals surface area contributed by atoms with E-state index < -0.39 is 0 Å². The normalized spacial score (nSPS) is 21.8. The Kier molecular flexibility index (Phi) is 6.04. The van der Waals surface area contributed by atoms with Crippen LogP contribution in [0.25, 0.3) is 11.0 Å². The van der Waals surface area contributed by atoms with Crippen LogP contribution in [0.5, 0.6) is 5.75 Å². The molecule has 3 fully saturated rings. The number of pyridine rings is 1. The molecule has 7 rings (SSSR count). The van der Waals surface area contributed by atoms with Crippen LogP contribution in [0.15, 0.2) is 29.2 Å². The SMILES string of the molecule is CC(=O)c1c(C)c2cnc(Nc3ccc4c(c3)OC[C@@H]3CN(C5CNC5)CCN43)nc2n(C2CCCC2)c1=O. The van der Waals surface area contributed by atoms with Gasteiger partial charge in [0.25, 0.3) is 5.56 Å². The van der Waals surface area contributed by atoms with Gasteiger partial charge in [0.2, 0.25) is 5.95 Å². The number of nitrogens with one attached hydrogen (secondary N) is 2. The number of rotatable bonds is 5. The summed E-state index contributed by atoms with van der Waals surface area (Å²) in [5.74, 6) is 1.06. The van der Waals surface area contributed by atoms with Gasteiger partial charge in [-0.05, 0) is 44.4 Å². The van der Waals surface area contributed by atoms with Gasteiger partial charge in [-0.25, -0.2) is 4.98 Å². The molecule has 2 saturated heterocycles. The lowest BCUT2D eigenvalue weighted by molar-refractivity contribution is 0.0991. The molecule has 10 heteroatoms. The summed E-state index contributed by atoms with van der Waals surface area (Å²) in [5.41, 5.74) is 3.20. The summed E-state index contributed by atoms with van der Waals surface area (Å²) in [7, 11) is 0.